The lowest BCUT2D eigenvalue weighted by Crippen LogP contribution is -2.43. The highest BCUT2D eigenvalue weighted by atomic mass is 15.2. The zero-order valence-electron chi connectivity index (χ0n) is 14.4. The fourth-order valence-electron chi connectivity index (χ4n) is 3.32. The van der Waals surface area contributed by atoms with Crippen LogP contribution in [0.4, 0.5) is 0 Å². The molecule has 3 atom stereocenters. The summed E-state index contributed by atoms with van der Waals surface area (Å²) < 4.78 is 0. The Morgan fingerprint density at radius 3 is 2.33 bits per heavy atom. The number of hydrogen-bond acceptors (Lipinski definition) is 2. The molecule has 0 aromatic heterocycles. The van der Waals surface area contributed by atoms with Crippen molar-refractivity contribution in [1.29, 1.82) is 0 Å². The molecule has 118 valence electrons. The molecular weight excluding hydrogens is 256 g/mol. The van der Waals surface area contributed by atoms with E-state index in [1.807, 2.05) is 0 Å². The van der Waals surface area contributed by atoms with Gasteiger partial charge in [-0.2, -0.15) is 0 Å². The maximum absolute atomic E-state index is 6.44. The van der Waals surface area contributed by atoms with Gasteiger partial charge in [0.05, 0.1) is 0 Å². The van der Waals surface area contributed by atoms with Crippen LogP contribution in [0.3, 0.4) is 0 Å². The molecule has 1 heterocycles. The number of piperidine rings is 1. The molecule has 2 heteroatoms. The second kappa shape index (κ2) is 6.50. The van der Waals surface area contributed by atoms with E-state index in [2.05, 4.69) is 63.8 Å². The van der Waals surface area contributed by atoms with E-state index in [-0.39, 0.29) is 11.5 Å². The molecule has 0 bridgehead atoms. The highest BCUT2D eigenvalue weighted by Gasteiger charge is 2.24. The molecule has 0 amide bonds. The van der Waals surface area contributed by atoms with Crippen LogP contribution < -0.4 is 5.73 Å². The summed E-state index contributed by atoms with van der Waals surface area (Å²) >= 11 is 0. The Labute approximate surface area is 130 Å². The van der Waals surface area contributed by atoms with Gasteiger partial charge in [0.2, 0.25) is 0 Å². The lowest BCUT2D eigenvalue weighted by atomic mass is 9.86. The Morgan fingerprint density at radius 2 is 1.81 bits per heavy atom. The minimum absolute atomic E-state index is 0.120. The molecule has 0 aliphatic carbocycles. The van der Waals surface area contributed by atoms with Crippen LogP contribution in [0.5, 0.6) is 0 Å². The van der Waals surface area contributed by atoms with Crippen molar-refractivity contribution in [2.45, 2.75) is 65.0 Å². The first-order valence-electron chi connectivity index (χ1n) is 8.37. The maximum atomic E-state index is 6.44. The van der Waals surface area contributed by atoms with Crippen molar-refractivity contribution < 1.29 is 0 Å². The molecule has 2 N–H and O–H groups in total. The molecule has 2 rings (SSSR count). The summed E-state index contributed by atoms with van der Waals surface area (Å²) in [7, 11) is 0. The van der Waals surface area contributed by atoms with Crippen LogP contribution in [-0.2, 0) is 5.41 Å². The van der Waals surface area contributed by atoms with Crippen LogP contribution >= 0.6 is 0 Å². The average molecular weight is 288 g/mol. The highest BCUT2D eigenvalue weighted by Crippen LogP contribution is 2.26. The number of rotatable bonds is 3. The topological polar surface area (TPSA) is 29.3 Å². The zero-order chi connectivity index (χ0) is 15.6. The molecule has 1 aromatic rings. The molecule has 0 spiro atoms. The highest BCUT2D eigenvalue weighted by molar-refractivity contribution is 5.29. The summed E-state index contributed by atoms with van der Waals surface area (Å²) in [6.45, 7) is 13.6. The van der Waals surface area contributed by atoms with E-state index in [0.717, 1.165) is 12.5 Å². The largest absolute Gasteiger partial charge is 0.323 e. The molecule has 1 saturated heterocycles. The van der Waals surface area contributed by atoms with Crippen molar-refractivity contribution >= 4 is 0 Å². The van der Waals surface area contributed by atoms with Crippen molar-refractivity contribution in [3.05, 3.63) is 35.4 Å². The molecule has 1 fully saturated rings. The van der Waals surface area contributed by atoms with E-state index < -0.39 is 0 Å². The standard InChI is InChI=1S/C19H32N2/c1-14-10-11-21(15(2)12-14)13-18(20)16-6-8-17(9-7-16)19(3,4)5/h6-9,14-15,18H,10-13,20H2,1-5H3. The van der Waals surface area contributed by atoms with Gasteiger partial charge in [0.1, 0.15) is 0 Å². The predicted octanol–water partition coefficient (Wildman–Crippen LogP) is 4.10. The molecule has 2 nitrogen and oxygen atoms in total. The molecule has 21 heavy (non-hydrogen) atoms. The van der Waals surface area contributed by atoms with E-state index >= 15 is 0 Å². The van der Waals surface area contributed by atoms with Crippen molar-refractivity contribution in [3.63, 3.8) is 0 Å². The predicted molar refractivity (Wildman–Crippen MR) is 91.5 cm³/mol. The monoisotopic (exact) mass is 288 g/mol. The van der Waals surface area contributed by atoms with E-state index in [0.29, 0.717) is 6.04 Å². The van der Waals surface area contributed by atoms with Gasteiger partial charge < -0.3 is 5.73 Å². The van der Waals surface area contributed by atoms with Crippen LogP contribution in [0.1, 0.15) is 64.6 Å². The van der Waals surface area contributed by atoms with E-state index in [9.17, 15) is 0 Å². The molecule has 0 radical (unpaired) electrons. The third-order valence-corrected chi connectivity index (χ3v) is 4.91. The third-order valence-electron chi connectivity index (χ3n) is 4.91. The van der Waals surface area contributed by atoms with Gasteiger partial charge in [0, 0.05) is 18.6 Å². The fraction of sp³-hybridized carbons (Fsp3) is 0.684. The normalized spacial score (nSPS) is 25.8. The summed E-state index contributed by atoms with van der Waals surface area (Å²) in [5.41, 5.74) is 9.28. The summed E-state index contributed by atoms with van der Waals surface area (Å²) in [4.78, 5) is 2.56. The second-order valence-corrected chi connectivity index (χ2v) is 7.95. The molecule has 1 aliphatic rings. The smallest absolute Gasteiger partial charge is 0.0424 e. The van der Waals surface area contributed by atoms with Gasteiger partial charge >= 0.3 is 0 Å². The lowest BCUT2D eigenvalue weighted by Gasteiger charge is -2.38. The first-order valence-corrected chi connectivity index (χ1v) is 8.37. The maximum Gasteiger partial charge on any atom is 0.0424 e. The van der Waals surface area contributed by atoms with E-state index in [1.54, 1.807) is 0 Å². The Balaban J connectivity index is 1.98. The Hall–Kier alpha value is -0.860. The number of likely N-dealkylation sites (tertiary alicyclic amines) is 1. The first kappa shape index (κ1) is 16.5. The molecular formula is C19H32N2. The third kappa shape index (κ3) is 4.31. The number of hydrogen-bond donors (Lipinski definition) is 1. The zero-order valence-corrected chi connectivity index (χ0v) is 14.4. The van der Waals surface area contributed by atoms with Gasteiger partial charge in [-0.15, -0.1) is 0 Å². The van der Waals surface area contributed by atoms with E-state index in [4.69, 9.17) is 5.73 Å². The lowest BCUT2D eigenvalue weighted by molar-refractivity contribution is 0.122. The quantitative estimate of drug-likeness (QED) is 0.907. The van der Waals surface area contributed by atoms with Crippen molar-refractivity contribution in [2.24, 2.45) is 11.7 Å². The summed E-state index contributed by atoms with van der Waals surface area (Å²) in [6, 6.07) is 9.67. The van der Waals surface area contributed by atoms with Crippen molar-refractivity contribution in [1.82, 2.24) is 4.90 Å². The Kier molecular flexibility index (Phi) is 5.11. The van der Waals surface area contributed by atoms with Crippen LogP contribution in [0.25, 0.3) is 0 Å². The van der Waals surface area contributed by atoms with Crippen molar-refractivity contribution in [3.8, 4) is 0 Å². The minimum atomic E-state index is 0.120. The van der Waals surface area contributed by atoms with Crippen molar-refractivity contribution in [2.75, 3.05) is 13.1 Å². The van der Waals surface area contributed by atoms with Crippen LogP contribution in [0.15, 0.2) is 24.3 Å². The van der Waals surface area contributed by atoms with Gasteiger partial charge in [-0.25, -0.2) is 0 Å². The van der Waals surface area contributed by atoms with Gasteiger partial charge in [-0.1, -0.05) is 52.0 Å². The molecule has 0 saturated carbocycles. The van der Waals surface area contributed by atoms with Crippen LogP contribution in [0, 0.1) is 5.92 Å². The van der Waals surface area contributed by atoms with Gasteiger partial charge in [0.15, 0.2) is 0 Å². The van der Waals surface area contributed by atoms with Gasteiger partial charge in [-0.3, -0.25) is 4.90 Å². The summed E-state index contributed by atoms with van der Waals surface area (Å²) in [5, 5.41) is 0. The van der Waals surface area contributed by atoms with Crippen LogP contribution in [0.2, 0.25) is 0 Å². The molecule has 1 aromatic carbocycles. The van der Waals surface area contributed by atoms with Gasteiger partial charge in [0.25, 0.3) is 0 Å². The molecule has 1 aliphatic heterocycles. The fourth-order valence-corrected chi connectivity index (χ4v) is 3.32. The minimum Gasteiger partial charge on any atom is -0.323 e. The number of nitrogens with zero attached hydrogens (tertiary/aromatic N) is 1. The van der Waals surface area contributed by atoms with Crippen LogP contribution in [-0.4, -0.2) is 24.0 Å². The van der Waals surface area contributed by atoms with Gasteiger partial charge in [-0.05, 0) is 48.8 Å². The average Bonchev–Trinajstić information content (AvgIpc) is 2.41. The summed E-state index contributed by atoms with van der Waals surface area (Å²) in [5.74, 6) is 0.860. The number of nitrogens with two attached hydrogens (primary N) is 1. The first-order chi connectivity index (χ1) is 9.77. The Morgan fingerprint density at radius 1 is 1.19 bits per heavy atom. The number of benzene rings is 1. The second-order valence-electron chi connectivity index (χ2n) is 7.95. The van der Waals surface area contributed by atoms with E-state index in [1.165, 1.54) is 30.5 Å². The Bertz CT molecular complexity index is 444. The molecule has 3 unspecified atom stereocenters. The SMILES string of the molecule is CC1CCN(CC(N)c2ccc(C(C)(C)C)cc2)C(C)C1. The summed E-state index contributed by atoms with van der Waals surface area (Å²) in [6.07, 6.45) is 2.61.